The number of carboxylic acid groups (broad SMARTS) is 1. The van der Waals surface area contributed by atoms with E-state index in [1.807, 2.05) is 57.0 Å². The maximum absolute atomic E-state index is 13.4. The predicted octanol–water partition coefficient (Wildman–Crippen LogP) is 6.59. The molecule has 1 amide bonds. The Balaban J connectivity index is 1.62. The molecule has 0 saturated carbocycles. The Labute approximate surface area is 252 Å². The van der Waals surface area contributed by atoms with Crippen LogP contribution >= 0.6 is 11.3 Å². The van der Waals surface area contributed by atoms with Gasteiger partial charge in [0.05, 0.1) is 17.8 Å². The third-order valence-electron chi connectivity index (χ3n) is 8.34. The molecule has 9 heteroatoms. The molecule has 1 aromatic carbocycles. The molecule has 0 aliphatic carbocycles. The first-order chi connectivity index (χ1) is 19.7. The van der Waals surface area contributed by atoms with Crippen molar-refractivity contribution in [3.63, 3.8) is 0 Å². The zero-order chi connectivity index (χ0) is 30.4. The van der Waals surface area contributed by atoms with E-state index in [9.17, 15) is 14.7 Å². The van der Waals surface area contributed by atoms with Crippen molar-refractivity contribution in [1.29, 1.82) is 0 Å². The van der Waals surface area contributed by atoms with Gasteiger partial charge in [-0.25, -0.2) is 9.78 Å². The van der Waals surface area contributed by atoms with Gasteiger partial charge in [-0.15, -0.1) is 11.3 Å². The summed E-state index contributed by atoms with van der Waals surface area (Å²) in [6.45, 7) is 16.8. The molecular weight excluding hydrogens is 548 g/mol. The number of thiazole rings is 1. The summed E-state index contributed by atoms with van der Waals surface area (Å²) in [7, 11) is 0. The maximum atomic E-state index is 13.4. The zero-order valence-corrected chi connectivity index (χ0v) is 26.6. The molecule has 2 aliphatic heterocycles. The summed E-state index contributed by atoms with van der Waals surface area (Å²) in [5.74, 6) is -1.01. The van der Waals surface area contributed by atoms with Gasteiger partial charge in [0.15, 0.2) is 6.10 Å². The number of aryl methyl sites for hydroxylation is 2. The van der Waals surface area contributed by atoms with Gasteiger partial charge in [0, 0.05) is 59.3 Å². The van der Waals surface area contributed by atoms with Crippen LogP contribution in [0.5, 0.6) is 0 Å². The lowest BCUT2D eigenvalue weighted by atomic mass is 9.81. The van der Waals surface area contributed by atoms with Crippen LogP contribution in [0, 0.1) is 19.3 Å². The van der Waals surface area contributed by atoms with Gasteiger partial charge in [-0.2, -0.15) is 0 Å². The van der Waals surface area contributed by atoms with Crippen LogP contribution in [0.3, 0.4) is 0 Å². The first kappa shape index (κ1) is 30.2. The molecule has 42 heavy (non-hydrogen) atoms. The van der Waals surface area contributed by atoms with Crippen LogP contribution < -0.4 is 4.90 Å². The second kappa shape index (κ2) is 11.4. The van der Waals surface area contributed by atoms with Crippen LogP contribution in [0.1, 0.15) is 91.4 Å². The molecule has 0 unspecified atom stereocenters. The Hall–Kier alpha value is -3.30. The molecule has 8 nitrogen and oxygen atoms in total. The van der Waals surface area contributed by atoms with Gasteiger partial charge < -0.3 is 19.6 Å². The number of aromatic nitrogens is 2. The highest BCUT2D eigenvalue weighted by atomic mass is 32.1. The van der Waals surface area contributed by atoms with Gasteiger partial charge in [0.25, 0.3) is 5.91 Å². The molecule has 0 bridgehead atoms. The lowest BCUT2D eigenvalue weighted by molar-refractivity contribution is -0.160. The number of hydrogen-bond donors (Lipinski definition) is 1. The van der Waals surface area contributed by atoms with E-state index in [2.05, 4.69) is 29.8 Å². The molecule has 0 radical (unpaired) electrons. The number of carbonyl (C=O) groups excluding carboxylic acids is 1. The molecule has 0 spiro atoms. The fraction of sp³-hybridized carbons (Fsp3) is 0.515. The third kappa shape index (κ3) is 6.22. The van der Waals surface area contributed by atoms with E-state index in [-0.39, 0.29) is 11.3 Å². The standard InChI is InChI=1S/C33H42N4O4S/c1-20-26(23-8-9-24-22(18-23)10-14-37(30(24)38)19-25-34-13-17-42-25)28(36-15-11-33(6,7)12-16-36)27(21(2)35-20)29(31(39)40)41-32(3,4)5/h8-9,13,17-18,29H,10-12,14-16,19H2,1-7H3,(H,39,40)/t29-/m0/s1. The Morgan fingerprint density at radius 2 is 1.86 bits per heavy atom. The lowest BCUT2D eigenvalue weighted by Crippen LogP contribution is -2.39. The molecule has 4 heterocycles. The van der Waals surface area contributed by atoms with Crippen molar-refractivity contribution in [2.24, 2.45) is 5.41 Å². The first-order valence-corrected chi connectivity index (χ1v) is 15.6. The van der Waals surface area contributed by atoms with Crippen LogP contribution in [0.2, 0.25) is 0 Å². The normalized spacial score (nSPS) is 17.7. The van der Waals surface area contributed by atoms with Crippen LogP contribution in [0.4, 0.5) is 5.69 Å². The largest absolute Gasteiger partial charge is 0.479 e. The molecule has 2 aromatic heterocycles. The molecular formula is C33H42N4O4S. The summed E-state index contributed by atoms with van der Waals surface area (Å²) < 4.78 is 6.21. The minimum absolute atomic E-state index is 0.0143. The van der Waals surface area contributed by atoms with E-state index < -0.39 is 17.7 Å². The van der Waals surface area contributed by atoms with Crippen LogP contribution in [0.25, 0.3) is 11.1 Å². The summed E-state index contributed by atoms with van der Waals surface area (Å²) in [6, 6.07) is 6.02. The highest BCUT2D eigenvalue weighted by Crippen LogP contribution is 2.45. The monoisotopic (exact) mass is 590 g/mol. The van der Waals surface area contributed by atoms with Crippen molar-refractivity contribution < 1.29 is 19.4 Å². The fourth-order valence-corrected chi connectivity index (χ4v) is 6.72. The van der Waals surface area contributed by atoms with Gasteiger partial charge in [0.1, 0.15) is 5.01 Å². The number of rotatable bonds is 7. The number of pyridine rings is 1. The number of carboxylic acids is 1. The van der Waals surface area contributed by atoms with Gasteiger partial charge in [-0.05, 0) is 76.5 Å². The fourth-order valence-electron chi connectivity index (χ4n) is 6.09. The van der Waals surface area contributed by atoms with Crippen molar-refractivity contribution in [1.82, 2.24) is 14.9 Å². The van der Waals surface area contributed by atoms with Crippen molar-refractivity contribution >= 4 is 28.9 Å². The topological polar surface area (TPSA) is 95.9 Å². The summed E-state index contributed by atoms with van der Waals surface area (Å²) >= 11 is 1.56. The van der Waals surface area contributed by atoms with E-state index in [0.29, 0.717) is 29.9 Å². The quantitative estimate of drug-likeness (QED) is 0.332. The number of anilines is 1. The van der Waals surface area contributed by atoms with Gasteiger partial charge >= 0.3 is 5.97 Å². The summed E-state index contributed by atoms with van der Waals surface area (Å²) in [6.07, 6.45) is 3.34. The van der Waals surface area contributed by atoms with E-state index in [0.717, 1.165) is 65.4 Å². The SMILES string of the molecule is Cc1nc(C)c([C@H](OC(C)(C)C)C(=O)O)c(N2CCC(C)(C)CC2)c1-c1ccc2c(c1)CCN(Cc1nccs1)C2=O. The average molecular weight is 591 g/mol. The number of benzene rings is 1. The molecule has 1 fully saturated rings. The Kier molecular flexibility index (Phi) is 8.20. The van der Waals surface area contributed by atoms with Gasteiger partial charge in [-0.3, -0.25) is 9.78 Å². The maximum Gasteiger partial charge on any atom is 0.337 e. The third-order valence-corrected chi connectivity index (χ3v) is 9.11. The lowest BCUT2D eigenvalue weighted by Gasteiger charge is -2.41. The predicted molar refractivity (Wildman–Crippen MR) is 166 cm³/mol. The Morgan fingerprint density at radius 3 is 2.48 bits per heavy atom. The van der Waals surface area contributed by atoms with Gasteiger partial charge in [0.2, 0.25) is 0 Å². The van der Waals surface area contributed by atoms with Crippen molar-refractivity contribution in [3.8, 4) is 11.1 Å². The van der Waals surface area contributed by atoms with Crippen molar-refractivity contribution in [2.45, 2.75) is 86.0 Å². The molecule has 1 saturated heterocycles. The minimum Gasteiger partial charge on any atom is -0.479 e. The summed E-state index contributed by atoms with van der Waals surface area (Å²) in [5, 5.41) is 13.3. The molecule has 1 N–H and O–H groups in total. The number of nitrogens with zero attached hydrogens (tertiary/aromatic N) is 4. The molecule has 2 aliphatic rings. The van der Waals surface area contributed by atoms with E-state index in [1.54, 1.807) is 17.5 Å². The number of hydrogen-bond acceptors (Lipinski definition) is 7. The Morgan fingerprint density at radius 1 is 1.14 bits per heavy atom. The number of fused-ring (bicyclic) bond motifs is 1. The molecule has 224 valence electrons. The molecule has 3 aromatic rings. The zero-order valence-electron chi connectivity index (χ0n) is 25.8. The second-order valence-corrected chi connectivity index (χ2v) is 14.3. The van der Waals surface area contributed by atoms with Crippen LogP contribution in [0.15, 0.2) is 29.8 Å². The smallest absolute Gasteiger partial charge is 0.337 e. The molecule has 1 atom stereocenters. The average Bonchev–Trinajstić information content (AvgIpc) is 3.41. The number of ether oxygens (including phenoxy) is 1. The van der Waals surface area contributed by atoms with E-state index in [4.69, 9.17) is 9.72 Å². The summed E-state index contributed by atoms with van der Waals surface area (Å²) in [4.78, 5) is 39.6. The highest BCUT2D eigenvalue weighted by Gasteiger charge is 2.37. The molecule has 5 rings (SSSR count). The van der Waals surface area contributed by atoms with Crippen molar-refractivity contribution in [2.75, 3.05) is 24.5 Å². The summed E-state index contributed by atoms with van der Waals surface area (Å²) in [5.41, 5.74) is 6.13. The van der Waals surface area contributed by atoms with Crippen LogP contribution in [-0.4, -0.2) is 57.1 Å². The van der Waals surface area contributed by atoms with Crippen molar-refractivity contribution in [3.05, 3.63) is 62.9 Å². The highest BCUT2D eigenvalue weighted by molar-refractivity contribution is 7.09. The minimum atomic E-state index is -1.17. The number of aliphatic carboxylic acids is 1. The number of carbonyl (C=O) groups is 2. The number of amides is 1. The second-order valence-electron chi connectivity index (χ2n) is 13.3. The first-order valence-electron chi connectivity index (χ1n) is 14.7. The van der Waals surface area contributed by atoms with Gasteiger partial charge in [-0.1, -0.05) is 26.0 Å². The Bertz CT molecular complexity index is 1480. The van der Waals surface area contributed by atoms with E-state index >= 15 is 0 Å². The van der Waals surface area contributed by atoms with Crippen LogP contribution in [-0.2, 0) is 22.5 Å². The number of piperidine rings is 1. The van der Waals surface area contributed by atoms with E-state index in [1.165, 1.54) is 0 Å².